The number of hydrogen-bond acceptors (Lipinski definition) is 4. The van der Waals surface area contributed by atoms with Crippen LogP contribution in [0, 0.1) is 13.8 Å². The van der Waals surface area contributed by atoms with Gasteiger partial charge in [0, 0.05) is 11.9 Å². The van der Waals surface area contributed by atoms with Crippen molar-refractivity contribution < 1.29 is 9.53 Å². The van der Waals surface area contributed by atoms with E-state index in [4.69, 9.17) is 4.74 Å². The molecule has 0 bridgehead atoms. The zero-order valence-electron chi connectivity index (χ0n) is 14.3. The number of thiazole rings is 1. The highest BCUT2D eigenvalue weighted by Crippen LogP contribution is 2.22. The van der Waals surface area contributed by atoms with Crippen LogP contribution in [0.1, 0.15) is 32.2 Å². The predicted octanol–water partition coefficient (Wildman–Crippen LogP) is 4.27. The van der Waals surface area contributed by atoms with E-state index < -0.39 is 0 Å². The van der Waals surface area contributed by atoms with Crippen LogP contribution in [0.2, 0.25) is 0 Å². The second-order valence-corrected chi connectivity index (χ2v) is 6.72. The third kappa shape index (κ3) is 4.45. The fourth-order valence-electron chi connectivity index (χ4n) is 2.37. The Labute approximate surface area is 151 Å². The first-order chi connectivity index (χ1) is 12.1. The number of aryl methyl sites for hydroxylation is 1. The summed E-state index contributed by atoms with van der Waals surface area (Å²) in [5, 5.41) is 5.43. The lowest BCUT2D eigenvalue weighted by Crippen LogP contribution is -2.23. The fraction of sp³-hybridized carbons (Fsp3) is 0.200. The molecule has 0 aliphatic heterocycles. The van der Waals surface area contributed by atoms with Crippen LogP contribution in [-0.2, 0) is 13.2 Å². The Morgan fingerprint density at radius 1 is 1.12 bits per heavy atom. The van der Waals surface area contributed by atoms with E-state index in [1.807, 2.05) is 49.4 Å². The van der Waals surface area contributed by atoms with E-state index in [0.29, 0.717) is 18.8 Å². The molecule has 25 heavy (non-hydrogen) atoms. The van der Waals surface area contributed by atoms with Crippen LogP contribution < -0.4 is 10.1 Å². The molecular weight excluding hydrogens is 332 g/mol. The maximum absolute atomic E-state index is 12.2. The molecule has 0 aliphatic carbocycles. The van der Waals surface area contributed by atoms with Gasteiger partial charge in [-0.1, -0.05) is 42.5 Å². The third-order valence-electron chi connectivity index (χ3n) is 3.99. The number of aromatic nitrogens is 1. The van der Waals surface area contributed by atoms with Crippen molar-refractivity contribution >= 4 is 17.2 Å². The first kappa shape index (κ1) is 17.2. The lowest BCUT2D eigenvalue weighted by atomic mass is 10.1. The van der Waals surface area contributed by atoms with E-state index in [-0.39, 0.29) is 5.91 Å². The standard InChI is InChI=1S/C20H20N2O2S/c1-14-7-6-10-18(15(14)2)24-12-19-22-17(13-25-19)20(23)21-11-16-8-4-3-5-9-16/h3-10,13H,11-12H2,1-2H3,(H,21,23). The van der Waals surface area contributed by atoms with E-state index in [0.717, 1.165) is 21.9 Å². The van der Waals surface area contributed by atoms with Gasteiger partial charge < -0.3 is 10.1 Å². The summed E-state index contributed by atoms with van der Waals surface area (Å²) in [5.41, 5.74) is 3.81. The summed E-state index contributed by atoms with van der Waals surface area (Å²) in [4.78, 5) is 16.6. The average molecular weight is 352 g/mol. The Hall–Kier alpha value is -2.66. The molecule has 0 unspecified atom stereocenters. The van der Waals surface area contributed by atoms with Crippen molar-refractivity contribution in [3.8, 4) is 5.75 Å². The zero-order valence-corrected chi connectivity index (χ0v) is 15.1. The van der Waals surface area contributed by atoms with Crippen LogP contribution in [0.15, 0.2) is 53.9 Å². The van der Waals surface area contributed by atoms with Gasteiger partial charge in [0.05, 0.1) is 0 Å². The monoisotopic (exact) mass is 352 g/mol. The molecule has 3 aromatic rings. The molecular formula is C20H20N2O2S. The van der Waals surface area contributed by atoms with Gasteiger partial charge in [-0.25, -0.2) is 4.98 Å². The molecule has 5 heteroatoms. The molecule has 0 fully saturated rings. The highest BCUT2D eigenvalue weighted by molar-refractivity contribution is 7.09. The molecule has 1 amide bonds. The largest absolute Gasteiger partial charge is 0.486 e. The molecule has 0 saturated heterocycles. The van der Waals surface area contributed by atoms with Crippen LogP contribution >= 0.6 is 11.3 Å². The fourth-order valence-corrected chi connectivity index (χ4v) is 3.06. The quantitative estimate of drug-likeness (QED) is 0.721. The Bertz CT molecular complexity index is 859. The maximum Gasteiger partial charge on any atom is 0.271 e. The predicted molar refractivity (Wildman–Crippen MR) is 100.0 cm³/mol. The lowest BCUT2D eigenvalue weighted by Gasteiger charge is -2.09. The molecule has 2 aromatic carbocycles. The molecule has 4 nitrogen and oxygen atoms in total. The maximum atomic E-state index is 12.2. The van der Waals surface area contributed by atoms with Gasteiger partial charge >= 0.3 is 0 Å². The van der Waals surface area contributed by atoms with Crippen LogP contribution in [0.3, 0.4) is 0 Å². The number of nitrogens with zero attached hydrogens (tertiary/aromatic N) is 1. The van der Waals surface area contributed by atoms with Gasteiger partial charge in [-0.2, -0.15) is 0 Å². The molecule has 128 valence electrons. The molecule has 0 radical (unpaired) electrons. The van der Waals surface area contributed by atoms with Gasteiger partial charge in [0.15, 0.2) is 0 Å². The zero-order chi connectivity index (χ0) is 17.6. The molecule has 0 atom stereocenters. The minimum atomic E-state index is -0.168. The first-order valence-electron chi connectivity index (χ1n) is 8.09. The second-order valence-electron chi connectivity index (χ2n) is 5.78. The molecule has 1 N–H and O–H groups in total. The van der Waals surface area contributed by atoms with Crippen molar-refractivity contribution in [2.75, 3.05) is 0 Å². The van der Waals surface area contributed by atoms with E-state index in [9.17, 15) is 4.79 Å². The summed E-state index contributed by atoms with van der Waals surface area (Å²) in [6, 6.07) is 15.8. The highest BCUT2D eigenvalue weighted by Gasteiger charge is 2.11. The number of hydrogen-bond donors (Lipinski definition) is 1. The summed E-state index contributed by atoms with van der Waals surface area (Å²) in [6.07, 6.45) is 0. The molecule has 1 aromatic heterocycles. The Kier molecular flexibility index (Phi) is 5.46. The summed E-state index contributed by atoms with van der Waals surface area (Å²) >= 11 is 1.43. The Morgan fingerprint density at radius 3 is 2.72 bits per heavy atom. The number of amides is 1. The number of carbonyl (C=O) groups is 1. The number of benzene rings is 2. The van der Waals surface area contributed by atoms with E-state index in [1.165, 1.54) is 16.9 Å². The number of ether oxygens (including phenoxy) is 1. The topological polar surface area (TPSA) is 51.2 Å². The minimum absolute atomic E-state index is 0.168. The van der Waals surface area contributed by atoms with Gasteiger partial charge in [0.1, 0.15) is 23.1 Å². The van der Waals surface area contributed by atoms with E-state index >= 15 is 0 Å². The number of rotatable bonds is 6. The molecule has 1 heterocycles. The number of carbonyl (C=O) groups excluding carboxylic acids is 1. The summed E-state index contributed by atoms with van der Waals surface area (Å²) < 4.78 is 5.84. The first-order valence-corrected chi connectivity index (χ1v) is 8.97. The Morgan fingerprint density at radius 2 is 1.92 bits per heavy atom. The van der Waals surface area contributed by atoms with E-state index in [2.05, 4.69) is 23.3 Å². The van der Waals surface area contributed by atoms with Gasteiger partial charge in [-0.15, -0.1) is 11.3 Å². The molecule has 0 saturated carbocycles. The van der Waals surface area contributed by atoms with Crippen LogP contribution in [0.4, 0.5) is 0 Å². The SMILES string of the molecule is Cc1cccc(OCc2nc(C(=O)NCc3ccccc3)cs2)c1C. The van der Waals surface area contributed by atoms with Crippen molar-refractivity contribution in [2.24, 2.45) is 0 Å². The van der Waals surface area contributed by atoms with Gasteiger partial charge in [-0.3, -0.25) is 4.79 Å². The van der Waals surface area contributed by atoms with Gasteiger partial charge in [0.2, 0.25) is 0 Å². The lowest BCUT2D eigenvalue weighted by molar-refractivity contribution is 0.0946. The summed E-state index contributed by atoms with van der Waals surface area (Å²) in [6.45, 7) is 4.95. The average Bonchev–Trinajstić information content (AvgIpc) is 3.11. The molecule has 0 spiro atoms. The highest BCUT2D eigenvalue weighted by atomic mass is 32.1. The summed E-state index contributed by atoms with van der Waals surface area (Å²) in [7, 11) is 0. The van der Waals surface area contributed by atoms with Crippen molar-refractivity contribution in [1.29, 1.82) is 0 Å². The van der Waals surface area contributed by atoms with Gasteiger partial charge in [-0.05, 0) is 36.6 Å². The second kappa shape index (κ2) is 7.94. The Balaban J connectivity index is 1.56. The van der Waals surface area contributed by atoms with E-state index in [1.54, 1.807) is 5.38 Å². The normalized spacial score (nSPS) is 10.5. The van der Waals surface area contributed by atoms with Crippen LogP contribution in [0.25, 0.3) is 0 Å². The van der Waals surface area contributed by atoms with Crippen molar-refractivity contribution in [3.05, 3.63) is 81.3 Å². The minimum Gasteiger partial charge on any atom is -0.486 e. The number of nitrogens with one attached hydrogen (secondary N) is 1. The van der Waals surface area contributed by atoms with Crippen molar-refractivity contribution in [3.63, 3.8) is 0 Å². The molecule has 3 rings (SSSR count). The smallest absolute Gasteiger partial charge is 0.271 e. The van der Waals surface area contributed by atoms with Crippen molar-refractivity contribution in [1.82, 2.24) is 10.3 Å². The summed E-state index contributed by atoms with van der Waals surface area (Å²) in [5.74, 6) is 0.684. The molecule has 0 aliphatic rings. The van der Waals surface area contributed by atoms with Gasteiger partial charge in [0.25, 0.3) is 5.91 Å². The van der Waals surface area contributed by atoms with Crippen LogP contribution in [0.5, 0.6) is 5.75 Å². The third-order valence-corrected chi connectivity index (χ3v) is 4.81. The van der Waals surface area contributed by atoms with Crippen LogP contribution in [-0.4, -0.2) is 10.9 Å². The van der Waals surface area contributed by atoms with Crippen molar-refractivity contribution in [2.45, 2.75) is 27.0 Å².